The zero-order chi connectivity index (χ0) is 14.3. The highest BCUT2D eigenvalue weighted by Crippen LogP contribution is 2.26. The predicted octanol–water partition coefficient (Wildman–Crippen LogP) is 2.26. The summed E-state index contributed by atoms with van der Waals surface area (Å²) in [4.78, 5) is 12.1. The summed E-state index contributed by atoms with van der Waals surface area (Å²) < 4.78 is 6.03. The molecule has 1 unspecified atom stereocenters. The molecule has 5 nitrogen and oxygen atoms in total. The van der Waals surface area contributed by atoms with E-state index in [1.165, 1.54) is 23.1 Å². The average Bonchev–Trinajstić information content (AvgIpc) is 2.80. The van der Waals surface area contributed by atoms with Crippen molar-refractivity contribution in [1.82, 2.24) is 15.5 Å². The Kier molecular flexibility index (Phi) is 6.74. The maximum atomic E-state index is 12.1. The molecule has 0 amide bonds. The fourth-order valence-corrected chi connectivity index (χ4v) is 3.34. The Hall–Kier alpha value is -0.660. The second-order valence-electron chi connectivity index (χ2n) is 4.36. The van der Waals surface area contributed by atoms with Crippen molar-refractivity contribution in [3.63, 3.8) is 0 Å². The van der Waals surface area contributed by atoms with Gasteiger partial charge in [-0.25, -0.2) is 0 Å². The quantitative estimate of drug-likeness (QED) is 0.587. The SMILES string of the molecule is CCCNC(C)(CSc1nnc(C)s1)C(=O)OCC. The van der Waals surface area contributed by atoms with Gasteiger partial charge in [-0.15, -0.1) is 10.2 Å². The molecule has 0 saturated heterocycles. The molecule has 1 heterocycles. The van der Waals surface area contributed by atoms with Crippen LogP contribution in [0.4, 0.5) is 0 Å². The van der Waals surface area contributed by atoms with Crippen LogP contribution in [0.25, 0.3) is 0 Å². The van der Waals surface area contributed by atoms with Crippen LogP contribution in [0.3, 0.4) is 0 Å². The first-order chi connectivity index (χ1) is 9.01. The fraction of sp³-hybridized carbons (Fsp3) is 0.750. The molecule has 7 heteroatoms. The average molecular weight is 303 g/mol. The molecule has 0 fully saturated rings. The van der Waals surface area contributed by atoms with Gasteiger partial charge in [0.05, 0.1) is 6.61 Å². The minimum atomic E-state index is -0.684. The van der Waals surface area contributed by atoms with Crippen LogP contribution < -0.4 is 5.32 Å². The Morgan fingerprint density at radius 1 is 1.47 bits per heavy atom. The van der Waals surface area contributed by atoms with E-state index < -0.39 is 5.54 Å². The standard InChI is InChI=1S/C12H21N3O2S2/c1-5-7-13-12(4,10(16)17-6-2)8-18-11-15-14-9(3)19-11/h13H,5-8H2,1-4H3. The number of nitrogens with one attached hydrogen (secondary N) is 1. The lowest BCUT2D eigenvalue weighted by Gasteiger charge is -2.27. The largest absolute Gasteiger partial charge is 0.465 e. The molecule has 0 radical (unpaired) electrons. The number of ether oxygens (including phenoxy) is 1. The van der Waals surface area contributed by atoms with Gasteiger partial charge in [0, 0.05) is 5.75 Å². The van der Waals surface area contributed by atoms with Crippen LogP contribution in [-0.4, -0.2) is 40.6 Å². The van der Waals surface area contributed by atoms with Crippen LogP contribution in [0, 0.1) is 6.92 Å². The number of carbonyl (C=O) groups excluding carboxylic acids is 1. The van der Waals surface area contributed by atoms with E-state index in [4.69, 9.17) is 4.74 Å². The van der Waals surface area contributed by atoms with E-state index in [0.717, 1.165) is 22.3 Å². The van der Waals surface area contributed by atoms with Crippen molar-refractivity contribution < 1.29 is 9.53 Å². The van der Waals surface area contributed by atoms with Crippen LogP contribution in [0.15, 0.2) is 4.34 Å². The molecular weight excluding hydrogens is 282 g/mol. The monoisotopic (exact) mass is 303 g/mol. The van der Waals surface area contributed by atoms with E-state index in [2.05, 4.69) is 22.4 Å². The summed E-state index contributed by atoms with van der Waals surface area (Å²) in [6, 6.07) is 0. The summed E-state index contributed by atoms with van der Waals surface area (Å²) in [7, 11) is 0. The normalized spacial score (nSPS) is 14.1. The molecule has 0 aromatic carbocycles. The van der Waals surface area contributed by atoms with Crippen molar-refractivity contribution in [3.05, 3.63) is 5.01 Å². The topological polar surface area (TPSA) is 64.1 Å². The number of aromatic nitrogens is 2. The number of hydrogen-bond donors (Lipinski definition) is 1. The summed E-state index contributed by atoms with van der Waals surface area (Å²) in [6.45, 7) is 8.86. The molecule has 0 aliphatic rings. The van der Waals surface area contributed by atoms with Crippen molar-refractivity contribution in [1.29, 1.82) is 0 Å². The second-order valence-corrected chi connectivity index (χ2v) is 6.76. The first kappa shape index (κ1) is 16.4. The van der Waals surface area contributed by atoms with Gasteiger partial charge in [0.2, 0.25) is 0 Å². The molecule has 0 spiro atoms. The second kappa shape index (κ2) is 7.81. The van der Waals surface area contributed by atoms with Crippen molar-refractivity contribution >= 4 is 29.1 Å². The molecule has 0 bridgehead atoms. The zero-order valence-electron chi connectivity index (χ0n) is 11.9. The smallest absolute Gasteiger partial charge is 0.326 e. The molecule has 108 valence electrons. The van der Waals surface area contributed by atoms with Crippen molar-refractivity contribution in [2.45, 2.75) is 44.0 Å². The molecule has 1 N–H and O–H groups in total. The van der Waals surface area contributed by atoms with Crippen molar-refractivity contribution in [2.75, 3.05) is 18.9 Å². The number of rotatable bonds is 8. The summed E-state index contributed by atoms with van der Waals surface area (Å²) in [5.74, 6) is 0.373. The lowest BCUT2D eigenvalue weighted by atomic mass is 10.1. The fourth-order valence-electron chi connectivity index (χ4n) is 1.42. The Labute approximate surface area is 122 Å². The molecule has 1 atom stereocenters. The molecular formula is C12H21N3O2S2. The third kappa shape index (κ3) is 5.08. The number of aryl methyl sites for hydroxylation is 1. The lowest BCUT2D eigenvalue weighted by molar-refractivity contribution is -0.149. The van der Waals surface area contributed by atoms with Crippen LogP contribution in [0.1, 0.15) is 32.2 Å². The lowest BCUT2D eigenvalue weighted by Crippen LogP contribution is -2.52. The number of nitrogens with zero attached hydrogens (tertiary/aromatic N) is 2. The summed E-state index contributed by atoms with van der Waals surface area (Å²) in [5.41, 5.74) is -0.684. The number of hydrogen-bond acceptors (Lipinski definition) is 7. The summed E-state index contributed by atoms with van der Waals surface area (Å²) in [6.07, 6.45) is 0.970. The van der Waals surface area contributed by atoms with E-state index in [1.807, 2.05) is 20.8 Å². The molecule has 0 aliphatic heterocycles. The van der Waals surface area contributed by atoms with Gasteiger partial charge in [0.25, 0.3) is 0 Å². The van der Waals surface area contributed by atoms with Gasteiger partial charge in [-0.05, 0) is 33.7 Å². The number of esters is 1. The van der Waals surface area contributed by atoms with Crippen LogP contribution in [0.2, 0.25) is 0 Å². The Balaban J connectivity index is 2.65. The van der Waals surface area contributed by atoms with Crippen molar-refractivity contribution in [3.8, 4) is 0 Å². The molecule has 19 heavy (non-hydrogen) atoms. The van der Waals surface area contributed by atoms with E-state index in [1.54, 1.807) is 0 Å². The van der Waals surface area contributed by atoms with Crippen molar-refractivity contribution in [2.24, 2.45) is 0 Å². The van der Waals surface area contributed by atoms with Gasteiger partial charge >= 0.3 is 5.97 Å². The third-order valence-corrected chi connectivity index (χ3v) is 4.77. The van der Waals surface area contributed by atoms with Gasteiger partial charge in [-0.2, -0.15) is 0 Å². The highest BCUT2D eigenvalue weighted by molar-refractivity contribution is 8.01. The molecule has 0 saturated carbocycles. The molecule has 0 aliphatic carbocycles. The molecule has 1 aromatic heterocycles. The van der Waals surface area contributed by atoms with Crippen LogP contribution in [-0.2, 0) is 9.53 Å². The summed E-state index contributed by atoms with van der Waals surface area (Å²) >= 11 is 3.07. The number of carbonyl (C=O) groups is 1. The Bertz CT molecular complexity index is 411. The highest BCUT2D eigenvalue weighted by atomic mass is 32.2. The predicted molar refractivity (Wildman–Crippen MR) is 78.7 cm³/mol. The Morgan fingerprint density at radius 2 is 2.21 bits per heavy atom. The first-order valence-electron chi connectivity index (χ1n) is 6.37. The zero-order valence-corrected chi connectivity index (χ0v) is 13.5. The van der Waals surface area contributed by atoms with Crippen LogP contribution in [0.5, 0.6) is 0 Å². The minimum Gasteiger partial charge on any atom is -0.465 e. The highest BCUT2D eigenvalue weighted by Gasteiger charge is 2.34. The van der Waals surface area contributed by atoms with Gasteiger partial charge in [0.15, 0.2) is 4.34 Å². The Morgan fingerprint density at radius 3 is 2.74 bits per heavy atom. The third-order valence-electron chi connectivity index (χ3n) is 2.48. The van der Waals surface area contributed by atoms with E-state index >= 15 is 0 Å². The van der Waals surface area contributed by atoms with Gasteiger partial charge in [-0.1, -0.05) is 30.0 Å². The first-order valence-corrected chi connectivity index (χ1v) is 8.17. The number of thioether (sulfide) groups is 1. The minimum absolute atomic E-state index is 0.211. The van der Waals surface area contributed by atoms with Crippen LogP contribution >= 0.6 is 23.1 Å². The maximum Gasteiger partial charge on any atom is 0.326 e. The maximum absolute atomic E-state index is 12.1. The van der Waals surface area contributed by atoms with E-state index in [-0.39, 0.29) is 5.97 Å². The van der Waals surface area contributed by atoms with E-state index in [0.29, 0.717) is 12.4 Å². The van der Waals surface area contributed by atoms with Gasteiger partial charge < -0.3 is 10.1 Å². The van der Waals surface area contributed by atoms with Gasteiger partial charge in [-0.3, -0.25) is 4.79 Å². The molecule has 1 rings (SSSR count). The summed E-state index contributed by atoms with van der Waals surface area (Å²) in [5, 5.41) is 12.2. The van der Waals surface area contributed by atoms with E-state index in [9.17, 15) is 4.79 Å². The van der Waals surface area contributed by atoms with Gasteiger partial charge in [0.1, 0.15) is 10.5 Å². The molecule has 1 aromatic rings.